The van der Waals surface area contributed by atoms with Crippen molar-refractivity contribution in [1.29, 1.82) is 0 Å². The van der Waals surface area contributed by atoms with Gasteiger partial charge in [-0.3, -0.25) is 9.69 Å². The van der Waals surface area contributed by atoms with Crippen LogP contribution < -0.4 is 4.74 Å². The van der Waals surface area contributed by atoms with Gasteiger partial charge in [-0.15, -0.1) is 0 Å². The lowest BCUT2D eigenvalue weighted by Gasteiger charge is -2.51. The molecule has 0 radical (unpaired) electrons. The van der Waals surface area contributed by atoms with Crippen molar-refractivity contribution in [3.8, 4) is 5.75 Å². The maximum absolute atomic E-state index is 13.5. The minimum absolute atomic E-state index is 0.0262. The fourth-order valence-corrected chi connectivity index (χ4v) is 9.56. The second kappa shape index (κ2) is 14.5. The number of likely N-dealkylation sites (N-methyl/N-ethyl adjacent to an activating group) is 2. The Balaban J connectivity index is 1.11. The first-order chi connectivity index (χ1) is 21.5. The van der Waals surface area contributed by atoms with Crippen molar-refractivity contribution < 1.29 is 22.7 Å². The normalized spacial score (nSPS) is 25.4. The Labute approximate surface area is 270 Å². The number of aryl methyl sites for hydroxylation is 2. The molecule has 5 rings (SSSR count). The largest absolute Gasteiger partial charge is 0.497 e. The molecular weight excluding hydrogens is 588 g/mol. The number of ether oxygens (including phenoxy) is 2. The van der Waals surface area contributed by atoms with Gasteiger partial charge in [0.05, 0.1) is 18.1 Å². The van der Waals surface area contributed by atoms with Crippen molar-refractivity contribution in [2.24, 2.45) is 5.92 Å². The molecule has 2 saturated heterocycles. The summed E-state index contributed by atoms with van der Waals surface area (Å²) >= 11 is 0. The van der Waals surface area contributed by atoms with Gasteiger partial charge in [0.2, 0.25) is 15.9 Å². The average Bonchev–Trinajstić information content (AvgIpc) is 3.51. The fraction of sp³-hybridized carbons (Fsp3) is 0.629. The van der Waals surface area contributed by atoms with E-state index in [2.05, 4.69) is 47.2 Å². The molecule has 1 atom stereocenters. The highest BCUT2D eigenvalue weighted by Gasteiger charge is 2.41. The van der Waals surface area contributed by atoms with Crippen LogP contribution in [0.5, 0.6) is 5.75 Å². The summed E-state index contributed by atoms with van der Waals surface area (Å²) in [7, 11) is 1.98. The first-order valence-corrected chi connectivity index (χ1v) is 17.9. The van der Waals surface area contributed by atoms with Crippen LogP contribution in [0.1, 0.15) is 48.8 Å². The molecule has 2 aliphatic heterocycles. The second-order valence-corrected chi connectivity index (χ2v) is 15.4. The number of nitrogens with zero attached hydrogens (tertiary/aromatic N) is 4. The van der Waals surface area contributed by atoms with Crippen LogP contribution >= 0.6 is 0 Å². The van der Waals surface area contributed by atoms with Crippen molar-refractivity contribution in [2.75, 3.05) is 73.6 Å². The summed E-state index contributed by atoms with van der Waals surface area (Å²) in [4.78, 5) is 20.4. The Hall–Kier alpha value is -2.50. The van der Waals surface area contributed by atoms with Gasteiger partial charge in [-0.1, -0.05) is 30.3 Å². The molecule has 2 heterocycles. The van der Waals surface area contributed by atoms with E-state index in [-0.39, 0.29) is 30.7 Å². The molecule has 1 amide bonds. The van der Waals surface area contributed by atoms with Gasteiger partial charge in [0.1, 0.15) is 12.4 Å². The number of hydrogen-bond acceptors (Lipinski definition) is 7. The van der Waals surface area contributed by atoms with Gasteiger partial charge in [0.15, 0.2) is 0 Å². The van der Waals surface area contributed by atoms with Crippen LogP contribution in [0.4, 0.5) is 0 Å². The van der Waals surface area contributed by atoms with Gasteiger partial charge in [0, 0.05) is 58.4 Å². The van der Waals surface area contributed by atoms with E-state index in [1.54, 1.807) is 33.1 Å². The van der Waals surface area contributed by atoms with Crippen molar-refractivity contribution in [3.63, 3.8) is 0 Å². The summed E-state index contributed by atoms with van der Waals surface area (Å²) < 4.78 is 39.8. The highest BCUT2D eigenvalue weighted by molar-refractivity contribution is 7.89. The van der Waals surface area contributed by atoms with E-state index >= 15 is 0 Å². The zero-order valence-corrected chi connectivity index (χ0v) is 28.7. The summed E-state index contributed by atoms with van der Waals surface area (Å²) in [6, 6.07) is 14.4. The van der Waals surface area contributed by atoms with Crippen molar-refractivity contribution in [1.82, 2.24) is 19.0 Å². The molecule has 248 valence electrons. The van der Waals surface area contributed by atoms with Crippen LogP contribution in [-0.4, -0.2) is 119 Å². The summed E-state index contributed by atoms with van der Waals surface area (Å²) in [5.74, 6) is 1.07. The molecule has 0 aromatic heterocycles. The number of hydrogen-bond donors (Lipinski definition) is 0. The number of carbonyl (C=O) groups excluding carboxylic acids is 1. The topological polar surface area (TPSA) is 82.6 Å². The van der Waals surface area contributed by atoms with E-state index in [0.717, 1.165) is 64.8 Å². The third kappa shape index (κ3) is 7.91. The number of sulfonamides is 1. The smallest absolute Gasteiger partial charge is 0.248 e. The standard InChI is InChI=1S/C35H52N4O5S/c1-27-21-32(43-5)22-28(2)34(27)45(41,42)39-16-13-31(25-39)44-26-33(40)37(4)24-30-11-14-35(15-12-30,23-29-9-7-6-8-10-29)38-19-17-36(3)18-20-38/h6-10,21-22,30-31H,11-20,23-26H2,1-5H3. The Morgan fingerprint density at radius 3 is 2.24 bits per heavy atom. The van der Waals surface area contributed by atoms with Gasteiger partial charge < -0.3 is 19.3 Å². The molecule has 0 spiro atoms. The molecule has 2 aromatic carbocycles. The quantitative estimate of drug-likeness (QED) is 0.368. The van der Waals surface area contributed by atoms with Gasteiger partial charge in [0.25, 0.3) is 0 Å². The lowest BCUT2D eigenvalue weighted by molar-refractivity contribution is -0.137. The lowest BCUT2D eigenvalue weighted by Crippen LogP contribution is -2.59. The Kier molecular flexibility index (Phi) is 10.9. The number of rotatable bonds is 11. The predicted octanol–water partition coefficient (Wildman–Crippen LogP) is 3.97. The minimum Gasteiger partial charge on any atom is -0.497 e. The highest BCUT2D eigenvalue weighted by Crippen LogP contribution is 2.40. The Morgan fingerprint density at radius 1 is 0.978 bits per heavy atom. The van der Waals surface area contributed by atoms with Crippen molar-refractivity contribution in [2.45, 2.75) is 68.9 Å². The number of methoxy groups -OCH3 is 1. The number of piperazine rings is 1. The number of benzene rings is 2. The lowest BCUT2D eigenvalue weighted by atomic mass is 9.72. The zero-order valence-electron chi connectivity index (χ0n) is 27.8. The molecule has 1 saturated carbocycles. The zero-order chi connectivity index (χ0) is 32.2. The minimum atomic E-state index is -3.68. The molecular formula is C35H52N4O5S. The van der Waals surface area contributed by atoms with Crippen LogP contribution in [0.15, 0.2) is 47.4 Å². The van der Waals surface area contributed by atoms with E-state index in [4.69, 9.17) is 9.47 Å². The van der Waals surface area contributed by atoms with Crippen molar-refractivity contribution in [3.05, 3.63) is 59.2 Å². The predicted molar refractivity (Wildman–Crippen MR) is 177 cm³/mol. The maximum atomic E-state index is 13.5. The van der Waals surface area contributed by atoms with Crippen LogP contribution in [0.2, 0.25) is 0 Å². The van der Waals surface area contributed by atoms with Crippen LogP contribution in [-0.2, 0) is 26.0 Å². The molecule has 1 unspecified atom stereocenters. The van der Waals surface area contributed by atoms with Crippen LogP contribution in [0.25, 0.3) is 0 Å². The van der Waals surface area contributed by atoms with E-state index < -0.39 is 10.0 Å². The molecule has 1 aliphatic carbocycles. The van der Waals surface area contributed by atoms with Gasteiger partial charge >= 0.3 is 0 Å². The van der Waals surface area contributed by atoms with Crippen LogP contribution in [0.3, 0.4) is 0 Å². The number of amides is 1. The molecule has 10 heteroatoms. The summed E-state index contributed by atoms with van der Waals surface area (Å²) in [6.45, 7) is 9.38. The van der Waals surface area contributed by atoms with Gasteiger partial charge in [-0.05, 0) is 94.2 Å². The SMILES string of the molecule is COc1cc(C)c(S(=O)(=O)N2CCC(OCC(=O)N(C)CC3CCC(Cc4ccccc4)(N4CCN(C)CC4)CC3)C2)c(C)c1. The summed E-state index contributed by atoms with van der Waals surface area (Å²) in [5.41, 5.74) is 2.92. The summed E-state index contributed by atoms with van der Waals surface area (Å²) in [6.07, 6.45) is 5.87. The average molecular weight is 641 g/mol. The van der Waals surface area contributed by atoms with E-state index in [9.17, 15) is 13.2 Å². The first kappa shape index (κ1) is 33.9. The second-order valence-electron chi connectivity index (χ2n) is 13.6. The van der Waals surface area contributed by atoms with Crippen molar-refractivity contribution >= 4 is 15.9 Å². The maximum Gasteiger partial charge on any atom is 0.248 e. The highest BCUT2D eigenvalue weighted by atomic mass is 32.2. The number of carbonyl (C=O) groups is 1. The fourth-order valence-electron chi connectivity index (χ4n) is 7.66. The molecule has 3 fully saturated rings. The molecule has 45 heavy (non-hydrogen) atoms. The monoisotopic (exact) mass is 640 g/mol. The molecule has 9 nitrogen and oxygen atoms in total. The third-order valence-electron chi connectivity index (χ3n) is 10.4. The third-order valence-corrected chi connectivity index (χ3v) is 12.5. The Morgan fingerprint density at radius 2 is 1.62 bits per heavy atom. The van der Waals surface area contributed by atoms with E-state index in [0.29, 0.717) is 40.7 Å². The molecule has 0 N–H and O–H groups in total. The molecule has 2 aromatic rings. The van der Waals surface area contributed by atoms with E-state index in [1.165, 1.54) is 9.87 Å². The van der Waals surface area contributed by atoms with Gasteiger partial charge in [-0.2, -0.15) is 4.31 Å². The van der Waals surface area contributed by atoms with E-state index in [1.807, 2.05) is 11.9 Å². The Bertz CT molecular complexity index is 1380. The van der Waals surface area contributed by atoms with Gasteiger partial charge in [-0.25, -0.2) is 8.42 Å². The summed E-state index contributed by atoms with van der Waals surface area (Å²) in [5, 5.41) is 0. The van der Waals surface area contributed by atoms with Crippen LogP contribution in [0, 0.1) is 19.8 Å². The first-order valence-electron chi connectivity index (χ1n) is 16.5. The molecule has 3 aliphatic rings. The molecule has 0 bridgehead atoms.